The molecule has 0 amide bonds. The fraction of sp³-hybridized carbons (Fsp3) is 0.333. The number of thioether (sulfide) groups is 1. The standard InChI is InChI=1S/C21H22ClFOS/c1-21(2)12-11-15(18(24)13-21)20(14-7-3-4-8-16(14)22)25-19-10-6-5-9-17(19)23/h3-10,20,24H,11-13H2,1-2H3. The van der Waals surface area contributed by atoms with Crippen molar-refractivity contribution in [2.24, 2.45) is 5.41 Å². The van der Waals surface area contributed by atoms with E-state index < -0.39 is 0 Å². The highest BCUT2D eigenvalue weighted by molar-refractivity contribution is 7.99. The lowest BCUT2D eigenvalue weighted by Crippen LogP contribution is -2.20. The number of halogens is 2. The van der Waals surface area contributed by atoms with E-state index in [9.17, 15) is 9.50 Å². The van der Waals surface area contributed by atoms with Crippen molar-refractivity contribution in [2.75, 3.05) is 0 Å². The summed E-state index contributed by atoms with van der Waals surface area (Å²) in [5.74, 6) is 0.172. The smallest absolute Gasteiger partial charge is 0.136 e. The molecule has 3 rings (SSSR count). The van der Waals surface area contributed by atoms with Crippen LogP contribution < -0.4 is 0 Å². The van der Waals surface area contributed by atoms with E-state index in [2.05, 4.69) is 13.8 Å². The Bertz CT molecular complexity index is 800. The van der Waals surface area contributed by atoms with Crippen molar-refractivity contribution in [1.82, 2.24) is 0 Å². The summed E-state index contributed by atoms with van der Waals surface area (Å²) in [6, 6.07) is 14.4. The fourth-order valence-electron chi connectivity index (χ4n) is 3.23. The predicted octanol–water partition coefficient (Wildman–Crippen LogP) is 7.33. The molecule has 0 bridgehead atoms. The van der Waals surface area contributed by atoms with Crippen LogP contribution in [0.5, 0.6) is 0 Å². The first-order chi connectivity index (χ1) is 11.9. The van der Waals surface area contributed by atoms with E-state index in [-0.39, 0.29) is 16.5 Å². The minimum absolute atomic E-state index is 0.0846. The van der Waals surface area contributed by atoms with Crippen LogP contribution in [-0.2, 0) is 0 Å². The molecule has 2 aromatic rings. The van der Waals surface area contributed by atoms with Gasteiger partial charge in [-0.2, -0.15) is 0 Å². The Kier molecular flexibility index (Phi) is 5.45. The number of hydrogen-bond acceptors (Lipinski definition) is 2. The number of allylic oxidation sites excluding steroid dienone is 1. The third-order valence-electron chi connectivity index (χ3n) is 4.67. The van der Waals surface area contributed by atoms with E-state index in [4.69, 9.17) is 11.6 Å². The molecule has 1 N–H and O–H groups in total. The number of hydrogen-bond donors (Lipinski definition) is 1. The molecule has 1 aliphatic carbocycles. The van der Waals surface area contributed by atoms with Crippen LogP contribution in [0.15, 0.2) is 64.8 Å². The van der Waals surface area contributed by atoms with Crippen LogP contribution >= 0.6 is 23.4 Å². The molecule has 0 heterocycles. The van der Waals surface area contributed by atoms with E-state index in [1.807, 2.05) is 30.3 Å². The maximum absolute atomic E-state index is 14.2. The molecule has 0 saturated carbocycles. The number of benzene rings is 2. The van der Waals surface area contributed by atoms with Crippen molar-refractivity contribution in [3.8, 4) is 0 Å². The summed E-state index contributed by atoms with van der Waals surface area (Å²) in [6.45, 7) is 4.32. The molecule has 0 spiro atoms. The van der Waals surface area contributed by atoms with Crippen LogP contribution in [0.2, 0.25) is 5.02 Å². The van der Waals surface area contributed by atoms with Crippen LogP contribution in [0.25, 0.3) is 0 Å². The number of aliphatic hydroxyl groups is 1. The van der Waals surface area contributed by atoms with Gasteiger partial charge in [-0.15, -0.1) is 11.8 Å². The van der Waals surface area contributed by atoms with E-state index in [0.717, 1.165) is 24.0 Å². The van der Waals surface area contributed by atoms with E-state index in [0.29, 0.717) is 22.1 Å². The Morgan fingerprint density at radius 1 is 1.12 bits per heavy atom. The van der Waals surface area contributed by atoms with Gasteiger partial charge in [0.2, 0.25) is 0 Å². The lowest BCUT2D eigenvalue weighted by atomic mass is 9.76. The lowest BCUT2D eigenvalue weighted by Gasteiger charge is -2.34. The predicted molar refractivity (Wildman–Crippen MR) is 104 cm³/mol. The molecule has 4 heteroatoms. The second-order valence-electron chi connectivity index (χ2n) is 7.26. The van der Waals surface area contributed by atoms with Crippen molar-refractivity contribution >= 4 is 23.4 Å². The summed E-state index contributed by atoms with van der Waals surface area (Å²) in [4.78, 5) is 0.567. The number of aliphatic hydroxyl groups excluding tert-OH is 1. The highest BCUT2D eigenvalue weighted by Crippen LogP contribution is 2.50. The lowest BCUT2D eigenvalue weighted by molar-refractivity contribution is 0.238. The van der Waals surface area contributed by atoms with Crippen LogP contribution in [0.3, 0.4) is 0 Å². The summed E-state index contributed by atoms with van der Waals surface area (Å²) in [6.07, 6.45) is 2.42. The highest BCUT2D eigenvalue weighted by Gasteiger charge is 2.32. The normalized spacial score (nSPS) is 18.2. The number of rotatable bonds is 4. The first-order valence-corrected chi connectivity index (χ1v) is 9.70. The van der Waals surface area contributed by atoms with Gasteiger partial charge >= 0.3 is 0 Å². The molecule has 1 aliphatic rings. The van der Waals surface area contributed by atoms with Gasteiger partial charge in [-0.1, -0.05) is 55.8 Å². The molecule has 1 atom stereocenters. The quantitative estimate of drug-likeness (QED) is 0.563. The second-order valence-corrected chi connectivity index (χ2v) is 8.82. The minimum atomic E-state index is -0.249. The topological polar surface area (TPSA) is 20.2 Å². The van der Waals surface area contributed by atoms with Gasteiger partial charge in [0.25, 0.3) is 0 Å². The second kappa shape index (κ2) is 7.43. The van der Waals surface area contributed by atoms with Crippen LogP contribution in [0.1, 0.15) is 43.9 Å². The Hall–Kier alpha value is -1.45. The molecule has 0 saturated heterocycles. The first-order valence-electron chi connectivity index (χ1n) is 8.44. The average Bonchev–Trinajstić information content (AvgIpc) is 2.55. The van der Waals surface area contributed by atoms with E-state index >= 15 is 0 Å². The molecule has 0 aliphatic heterocycles. The van der Waals surface area contributed by atoms with Crippen LogP contribution in [-0.4, -0.2) is 5.11 Å². The van der Waals surface area contributed by atoms with Gasteiger partial charge in [0.15, 0.2) is 0 Å². The molecule has 0 aromatic heterocycles. The Balaban J connectivity index is 2.04. The van der Waals surface area contributed by atoms with Crippen LogP contribution in [0.4, 0.5) is 4.39 Å². The summed E-state index contributed by atoms with van der Waals surface area (Å²) in [5, 5.41) is 11.2. The summed E-state index contributed by atoms with van der Waals surface area (Å²) < 4.78 is 14.2. The summed E-state index contributed by atoms with van der Waals surface area (Å²) in [7, 11) is 0. The molecule has 132 valence electrons. The maximum Gasteiger partial charge on any atom is 0.136 e. The van der Waals surface area contributed by atoms with Gasteiger partial charge in [0.1, 0.15) is 5.82 Å². The van der Waals surface area contributed by atoms with Gasteiger partial charge in [-0.3, -0.25) is 0 Å². The van der Waals surface area contributed by atoms with Crippen LogP contribution in [0, 0.1) is 11.2 Å². The van der Waals surface area contributed by atoms with Crippen molar-refractivity contribution in [3.63, 3.8) is 0 Å². The van der Waals surface area contributed by atoms with Crippen molar-refractivity contribution in [1.29, 1.82) is 0 Å². The zero-order valence-corrected chi connectivity index (χ0v) is 16.0. The monoisotopic (exact) mass is 376 g/mol. The third kappa shape index (κ3) is 4.21. The minimum Gasteiger partial charge on any atom is -0.512 e. The zero-order chi connectivity index (χ0) is 18.0. The molecule has 0 fully saturated rings. The Morgan fingerprint density at radius 2 is 1.80 bits per heavy atom. The average molecular weight is 377 g/mol. The van der Waals surface area contributed by atoms with Crippen molar-refractivity contribution < 1.29 is 9.50 Å². The van der Waals surface area contributed by atoms with Gasteiger partial charge < -0.3 is 5.11 Å². The highest BCUT2D eigenvalue weighted by atomic mass is 35.5. The van der Waals surface area contributed by atoms with E-state index in [1.54, 1.807) is 12.1 Å². The van der Waals surface area contributed by atoms with Gasteiger partial charge in [-0.25, -0.2) is 4.39 Å². The molecule has 1 nitrogen and oxygen atoms in total. The fourth-order valence-corrected chi connectivity index (χ4v) is 4.86. The largest absolute Gasteiger partial charge is 0.512 e. The van der Waals surface area contributed by atoms with Crippen molar-refractivity contribution in [2.45, 2.75) is 43.3 Å². The van der Waals surface area contributed by atoms with E-state index in [1.165, 1.54) is 17.8 Å². The molecule has 1 unspecified atom stereocenters. The molecule has 25 heavy (non-hydrogen) atoms. The molecular formula is C21H22ClFOS. The third-order valence-corrected chi connectivity index (χ3v) is 6.38. The molecular weight excluding hydrogens is 355 g/mol. The Morgan fingerprint density at radius 3 is 2.48 bits per heavy atom. The maximum atomic E-state index is 14.2. The molecule has 0 radical (unpaired) electrons. The SMILES string of the molecule is CC1(C)CCC(C(Sc2ccccc2F)c2ccccc2Cl)=C(O)C1. The van der Waals surface area contributed by atoms with Gasteiger partial charge in [0.05, 0.1) is 11.0 Å². The zero-order valence-electron chi connectivity index (χ0n) is 14.4. The first kappa shape index (κ1) is 18.3. The molecule has 2 aromatic carbocycles. The Labute approximate surface area is 157 Å². The summed E-state index contributed by atoms with van der Waals surface area (Å²) in [5.41, 5.74) is 1.96. The van der Waals surface area contributed by atoms with Gasteiger partial charge in [0, 0.05) is 16.3 Å². The van der Waals surface area contributed by atoms with Crippen molar-refractivity contribution in [3.05, 3.63) is 76.3 Å². The van der Waals surface area contributed by atoms with Gasteiger partial charge in [-0.05, 0) is 47.6 Å². The summed E-state index contributed by atoms with van der Waals surface area (Å²) >= 11 is 7.85.